The molecule has 182 valence electrons. The average molecular weight is 506 g/mol. The van der Waals surface area contributed by atoms with E-state index in [-0.39, 0.29) is 23.7 Å². The topological polar surface area (TPSA) is 109 Å². The van der Waals surface area contributed by atoms with E-state index in [4.69, 9.17) is 5.73 Å². The third kappa shape index (κ3) is 4.42. The number of nitrogens with two attached hydrogens (primary N) is 1. The fraction of sp³-hybridized carbons (Fsp3) is 0.273. The summed E-state index contributed by atoms with van der Waals surface area (Å²) < 4.78 is 55.7. The van der Waals surface area contributed by atoms with Crippen molar-refractivity contribution in [1.82, 2.24) is 20.3 Å². The van der Waals surface area contributed by atoms with Crippen molar-refractivity contribution in [2.24, 2.45) is 11.7 Å². The molecule has 8 nitrogen and oxygen atoms in total. The van der Waals surface area contributed by atoms with Crippen molar-refractivity contribution in [3.63, 3.8) is 0 Å². The molecule has 13 heteroatoms. The van der Waals surface area contributed by atoms with E-state index >= 15 is 4.39 Å². The number of thioether (sulfide) groups is 1. The first-order valence-corrected chi connectivity index (χ1v) is 11.6. The number of carbonyl (C=O) groups is 1. The molecule has 0 spiro atoms. The minimum Gasteiger partial charge on any atom is -0.338 e. The summed E-state index contributed by atoms with van der Waals surface area (Å²) >= 11 is 1.47. The lowest BCUT2D eigenvalue weighted by atomic mass is 9.80. The highest BCUT2D eigenvalue weighted by Gasteiger charge is 2.52. The first-order chi connectivity index (χ1) is 16.7. The largest absolute Gasteiger partial charge is 0.338 e. The number of carbonyl (C=O) groups excluding carboxylic acids is 1. The molecule has 0 radical (unpaired) electrons. The van der Waals surface area contributed by atoms with Crippen LogP contribution in [0, 0.1) is 29.2 Å². The van der Waals surface area contributed by atoms with Gasteiger partial charge in [-0.3, -0.25) is 10.1 Å². The van der Waals surface area contributed by atoms with Crippen LogP contribution in [0.1, 0.15) is 16.1 Å². The van der Waals surface area contributed by atoms with Crippen LogP contribution < -0.4 is 21.3 Å². The molecule has 2 fully saturated rings. The Morgan fingerprint density at radius 2 is 1.83 bits per heavy atom. The summed E-state index contributed by atoms with van der Waals surface area (Å²) in [6.45, 7) is 0.694. The quantitative estimate of drug-likeness (QED) is 0.465. The summed E-state index contributed by atoms with van der Waals surface area (Å²) in [6.07, 6.45) is 2.85. The predicted molar refractivity (Wildman–Crippen MR) is 121 cm³/mol. The molecule has 5 rings (SSSR count). The smallest absolute Gasteiger partial charge is 0.277 e. The summed E-state index contributed by atoms with van der Waals surface area (Å²) in [4.78, 5) is 25.9. The van der Waals surface area contributed by atoms with Crippen molar-refractivity contribution in [3.05, 3.63) is 77.4 Å². The lowest BCUT2D eigenvalue weighted by Gasteiger charge is -2.42. The number of rotatable bonds is 4. The van der Waals surface area contributed by atoms with E-state index < -0.39 is 45.9 Å². The average Bonchev–Trinajstić information content (AvgIpc) is 3.20. The van der Waals surface area contributed by atoms with E-state index in [0.717, 1.165) is 18.6 Å². The summed E-state index contributed by atoms with van der Waals surface area (Å²) in [5.41, 5.74) is 4.55. The Labute approximate surface area is 201 Å². The van der Waals surface area contributed by atoms with Crippen LogP contribution >= 0.6 is 11.8 Å². The van der Waals surface area contributed by atoms with Crippen molar-refractivity contribution in [3.8, 4) is 0 Å². The Balaban J connectivity index is 1.48. The second-order valence-corrected chi connectivity index (χ2v) is 9.46. The minimum atomic E-state index is -1.12. The van der Waals surface area contributed by atoms with E-state index in [2.05, 4.69) is 25.6 Å². The fourth-order valence-electron chi connectivity index (χ4n) is 4.51. The Morgan fingerprint density at radius 1 is 1.09 bits per heavy atom. The molecule has 2 saturated heterocycles. The number of nitrogens with one attached hydrogen (secondary N) is 2. The van der Waals surface area contributed by atoms with Gasteiger partial charge in [0, 0.05) is 42.1 Å². The number of nitrogens with zero attached hydrogens (tertiary/aromatic N) is 4. The number of pyridine rings is 1. The SMILES string of the molecule is NC1N[C@@]2(c3cc(NC(=O)c4ncc(F)cc4F)ccc3F)CN(c3ncc(F)cn3)C[C@H]2CS1. The second-order valence-electron chi connectivity index (χ2n) is 8.28. The number of hydrogen-bond donors (Lipinski definition) is 3. The van der Waals surface area contributed by atoms with Crippen LogP contribution in [0.3, 0.4) is 0 Å². The van der Waals surface area contributed by atoms with Crippen molar-refractivity contribution in [1.29, 1.82) is 0 Å². The van der Waals surface area contributed by atoms with Gasteiger partial charge in [-0.05, 0) is 18.2 Å². The number of benzene rings is 1. The van der Waals surface area contributed by atoms with Crippen LogP contribution in [-0.2, 0) is 5.54 Å². The zero-order valence-corrected chi connectivity index (χ0v) is 18.8. The Morgan fingerprint density at radius 3 is 2.57 bits per heavy atom. The number of aromatic nitrogens is 3. The zero-order valence-electron chi connectivity index (χ0n) is 18.0. The molecule has 1 aromatic carbocycles. The number of hydrogen-bond acceptors (Lipinski definition) is 8. The Kier molecular flexibility index (Phi) is 6.07. The molecule has 1 amide bonds. The van der Waals surface area contributed by atoms with Gasteiger partial charge in [0.1, 0.15) is 17.1 Å². The maximum absolute atomic E-state index is 15.3. The van der Waals surface area contributed by atoms with Crippen LogP contribution in [0.25, 0.3) is 0 Å². The van der Waals surface area contributed by atoms with Gasteiger partial charge < -0.3 is 16.0 Å². The highest BCUT2D eigenvalue weighted by atomic mass is 32.2. The van der Waals surface area contributed by atoms with Gasteiger partial charge in [0.15, 0.2) is 17.3 Å². The third-order valence-electron chi connectivity index (χ3n) is 6.07. The molecule has 4 N–H and O–H groups in total. The van der Waals surface area contributed by atoms with Crippen molar-refractivity contribution in [2.75, 3.05) is 29.1 Å². The molecule has 3 aromatic rings. The van der Waals surface area contributed by atoms with Crippen LogP contribution in [0.5, 0.6) is 0 Å². The lowest BCUT2D eigenvalue weighted by molar-refractivity contribution is 0.101. The number of halogens is 4. The van der Waals surface area contributed by atoms with Gasteiger partial charge in [-0.1, -0.05) is 0 Å². The van der Waals surface area contributed by atoms with Crippen LogP contribution in [0.2, 0.25) is 0 Å². The predicted octanol–water partition coefficient (Wildman–Crippen LogP) is 2.59. The molecule has 0 saturated carbocycles. The summed E-state index contributed by atoms with van der Waals surface area (Å²) in [6, 6.07) is 4.53. The monoisotopic (exact) mass is 505 g/mol. The van der Waals surface area contributed by atoms with E-state index in [9.17, 15) is 18.0 Å². The van der Waals surface area contributed by atoms with Gasteiger partial charge in [0.2, 0.25) is 5.95 Å². The van der Waals surface area contributed by atoms with E-state index in [1.54, 1.807) is 0 Å². The van der Waals surface area contributed by atoms with E-state index in [1.165, 1.54) is 30.0 Å². The molecule has 2 aromatic heterocycles. The molecule has 2 aliphatic rings. The number of fused-ring (bicyclic) bond motifs is 1. The maximum atomic E-state index is 15.3. The van der Waals surface area contributed by atoms with Gasteiger partial charge in [0.05, 0.1) is 24.1 Å². The lowest BCUT2D eigenvalue weighted by Crippen LogP contribution is -2.59. The van der Waals surface area contributed by atoms with Gasteiger partial charge in [-0.15, -0.1) is 11.8 Å². The van der Waals surface area contributed by atoms with Crippen LogP contribution in [-0.4, -0.2) is 45.2 Å². The molecular formula is C22H19F4N7OS. The van der Waals surface area contributed by atoms with Crippen molar-refractivity contribution >= 4 is 29.3 Å². The van der Waals surface area contributed by atoms with Gasteiger partial charge >= 0.3 is 0 Å². The Hall–Kier alpha value is -3.29. The minimum absolute atomic E-state index is 0.127. The van der Waals surface area contributed by atoms with Gasteiger partial charge in [-0.25, -0.2) is 32.5 Å². The molecule has 2 aliphatic heterocycles. The van der Waals surface area contributed by atoms with Crippen molar-refractivity contribution < 1.29 is 22.4 Å². The van der Waals surface area contributed by atoms with E-state index in [1.807, 2.05) is 4.90 Å². The summed E-state index contributed by atoms with van der Waals surface area (Å²) in [5.74, 6) is -3.28. The molecule has 4 heterocycles. The Bertz CT molecular complexity index is 1280. The normalized spacial score (nSPS) is 23.7. The second kappa shape index (κ2) is 9.06. The van der Waals surface area contributed by atoms with E-state index in [0.29, 0.717) is 24.3 Å². The van der Waals surface area contributed by atoms with Crippen LogP contribution in [0.15, 0.2) is 42.9 Å². The summed E-state index contributed by atoms with van der Waals surface area (Å²) in [5, 5.41) is 5.78. The molecule has 3 atom stereocenters. The highest BCUT2D eigenvalue weighted by molar-refractivity contribution is 7.99. The first-order valence-electron chi connectivity index (χ1n) is 10.5. The molecule has 0 bridgehead atoms. The number of amides is 1. The fourth-order valence-corrected chi connectivity index (χ4v) is 5.63. The highest BCUT2D eigenvalue weighted by Crippen LogP contribution is 2.45. The molecular weight excluding hydrogens is 486 g/mol. The number of anilines is 2. The van der Waals surface area contributed by atoms with Crippen LogP contribution in [0.4, 0.5) is 29.2 Å². The standard InChI is InChI=1S/C22H19F4N7OS/c23-12-3-17(26)18(28-5-12)19(34)31-14-1-2-16(25)15(4-14)22-10-33(21-29-6-13(24)7-30-21)8-11(22)9-35-20(27)32-22/h1-7,11,20,32H,8-10,27H2,(H,31,34)/t11-,20?,22-/m0/s1. The molecule has 0 aliphatic carbocycles. The zero-order chi connectivity index (χ0) is 24.7. The molecule has 1 unspecified atom stereocenters. The maximum Gasteiger partial charge on any atom is 0.277 e. The van der Waals surface area contributed by atoms with Gasteiger partial charge in [0.25, 0.3) is 5.91 Å². The summed E-state index contributed by atoms with van der Waals surface area (Å²) in [7, 11) is 0. The third-order valence-corrected chi connectivity index (χ3v) is 7.14. The molecule has 35 heavy (non-hydrogen) atoms. The van der Waals surface area contributed by atoms with Gasteiger partial charge in [-0.2, -0.15) is 0 Å². The first kappa shape index (κ1) is 23.5. The van der Waals surface area contributed by atoms with Crippen molar-refractivity contribution in [2.45, 2.75) is 11.0 Å².